The number of carbonyl (C=O) groups excluding carboxylic acids is 1. The van der Waals surface area contributed by atoms with Crippen molar-refractivity contribution in [2.24, 2.45) is 5.92 Å². The van der Waals surface area contributed by atoms with Crippen molar-refractivity contribution < 1.29 is 14.3 Å². The molecule has 0 N–H and O–H groups in total. The van der Waals surface area contributed by atoms with Crippen molar-refractivity contribution in [3.63, 3.8) is 0 Å². The first kappa shape index (κ1) is 13.4. The van der Waals surface area contributed by atoms with Crippen LogP contribution in [0, 0.1) is 5.92 Å². The fourth-order valence-electron chi connectivity index (χ4n) is 2.76. The van der Waals surface area contributed by atoms with Gasteiger partial charge in [0.25, 0.3) is 0 Å². The molecule has 1 fully saturated rings. The zero-order valence-corrected chi connectivity index (χ0v) is 11.9. The number of benzene rings is 1. The fourth-order valence-corrected chi connectivity index (χ4v) is 2.76. The van der Waals surface area contributed by atoms with E-state index in [1.807, 2.05) is 12.1 Å². The van der Waals surface area contributed by atoms with Crippen LogP contribution in [0.3, 0.4) is 0 Å². The third-order valence-electron chi connectivity index (χ3n) is 4.23. The van der Waals surface area contributed by atoms with Crippen LogP contribution in [0.2, 0.25) is 0 Å². The largest absolute Gasteiger partial charge is 0.454 e. The summed E-state index contributed by atoms with van der Waals surface area (Å²) in [5.41, 5.74) is 0.722. The number of fused-ring (bicyclic) bond motifs is 1. The van der Waals surface area contributed by atoms with Crippen LogP contribution in [0.4, 0.5) is 0 Å². The van der Waals surface area contributed by atoms with Gasteiger partial charge >= 0.3 is 0 Å². The van der Waals surface area contributed by atoms with Crippen molar-refractivity contribution in [1.82, 2.24) is 4.90 Å². The van der Waals surface area contributed by atoms with E-state index in [-0.39, 0.29) is 12.6 Å². The van der Waals surface area contributed by atoms with Gasteiger partial charge in [0, 0.05) is 18.5 Å². The van der Waals surface area contributed by atoms with Crippen LogP contribution in [0.15, 0.2) is 18.2 Å². The van der Waals surface area contributed by atoms with Gasteiger partial charge in [-0.15, -0.1) is 0 Å². The summed E-state index contributed by atoms with van der Waals surface area (Å²) in [6.45, 7) is 5.65. The molecule has 0 radical (unpaired) electrons. The standard InChI is InChI=1S/C16H21NO3/c1-12-4-7-17(8-5-12)9-6-14(18)13-2-3-15-16(10-13)20-11-19-15/h2-3,10,12H,4-9,11H2,1H3. The Morgan fingerprint density at radius 3 is 2.80 bits per heavy atom. The second kappa shape index (κ2) is 5.83. The van der Waals surface area contributed by atoms with E-state index in [0.29, 0.717) is 12.2 Å². The molecule has 1 aromatic carbocycles. The van der Waals surface area contributed by atoms with Crippen molar-refractivity contribution >= 4 is 5.78 Å². The number of nitrogens with zero attached hydrogens (tertiary/aromatic N) is 1. The first-order valence-electron chi connectivity index (χ1n) is 7.37. The Kier molecular flexibility index (Phi) is 3.92. The van der Waals surface area contributed by atoms with Crippen molar-refractivity contribution in [2.45, 2.75) is 26.2 Å². The molecule has 0 aromatic heterocycles. The quantitative estimate of drug-likeness (QED) is 0.792. The molecule has 108 valence electrons. The van der Waals surface area contributed by atoms with Gasteiger partial charge in [-0.1, -0.05) is 6.92 Å². The summed E-state index contributed by atoms with van der Waals surface area (Å²) in [7, 11) is 0. The maximum Gasteiger partial charge on any atom is 0.231 e. The van der Waals surface area contributed by atoms with Gasteiger partial charge in [0.2, 0.25) is 6.79 Å². The molecule has 3 rings (SSSR count). The van der Waals surface area contributed by atoms with E-state index >= 15 is 0 Å². The van der Waals surface area contributed by atoms with Gasteiger partial charge in [0.15, 0.2) is 17.3 Å². The first-order valence-corrected chi connectivity index (χ1v) is 7.37. The molecule has 0 bridgehead atoms. The predicted molar refractivity (Wildman–Crippen MR) is 76.4 cm³/mol. The van der Waals surface area contributed by atoms with Gasteiger partial charge in [0.05, 0.1) is 0 Å². The molecule has 0 amide bonds. The number of hydrogen-bond donors (Lipinski definition) is 0. The topological polar surface area (TPSA) is 38.8 Å². The number of likely N-dealkylation sites (tertiary alicyclic amines) is 1. The number of ether oxygens (including phenoxy) is 2. The maximum absolute atomic E-state index is 12.2. The van der Waals surface area contributed by atoms with Gasteiger partial charge in [-0.2, -0.15) is 0 Å². The summed E-state index contributed by atoms with van der Waals surface area (Å²) in [6, 6.07) is 5.44. The molecule has 0 unspecified atom stereocenters. The molecule has 4 nitrogen and oxygen atoms in total. The molecule has 4 heteroatoms. The van der Waals surface area contributed by atoms with Crippen molar-refractivity contribution in [1.29, 1.82) is 0 Å². The van der Waals surface area contributed by atoms with Crippen molar-refractivity contribution in [3.8, 4) is 11.5 Å². The van der Waals surface area contributed by atoms with E-state index in [0.717, 1.165) is 36.9 Å². The lowest BCUT2D eigenvalue weighted by atomic mass is 9.99. The minimum absolute atomic E-state index is 0.182. The zero-order chi connectivity index (χ0) is 13.9. The second-order valence-corrected chi connectivity index (χ2v) is 5.77. The average Bonchev–Trinajstić information content (AvgIpc) is 2.93. The Morgan fingerprint density at radius 2 is 2.00 bits per heavy atom. The smallest absolute Gasteiger partial charge is 0.231 e. The monoisotopic (exact) mass is 275 g/mol. The lowest BCUT2D eigenvalue weighted by Gasteiger charge is -2.29. The summed E-state index contributed by atoms with van der Waals surface area (Å²) >= 11 is 0. The van der Waals surface area contributed by atoms with Crippen LogP contribution >= 0.6 is 0 Å². The number of hydrogen-bond acceptors (Lipinski definition) is 4. The highest BCUT2D eigenvalue weighted by molar-refractivity contribution is 5.96. The summed E-state index contributed by atoms with van der Waals surface area (Å²) < 4.78 is 10.6. The van der Waals surface area contributed by atoms with Crippen LogP contribution in [0.5, 0.6) is 11.5 Å². The van der Waals surface area contributed by atoms with Crippen molar-refractivity contribution in [3.05, 3.63) is 23.8 Å². The molecule has 2 aliphatic heterocycles. The predicted octanol–water partition coefficient (Wildman–Crippen LogP) is 2.72. The molecule has 0 spiro atoms. The van der Waals surface area contributed by atoms with Crippen LogP contribution in [0.25, 0.3) is 0 Å². The van der Waals surface area contributed by atoms with Gasteiger partial charge in [0.1, 0.15) is 0 Å². The Morgan fingerprint density at radius 1 is 1.25 bits per heavy atom. The van der Waals surface area contributed by atoms with Gasteiger partial charge in [-0.3, -0.25) is 4.79 Å². The van der Waals surface area contributed by atoms with Crippen molar-refractivity contribution in [2.75, 3.05) is 26.4 Å². The van der Waals surface area contributed by atoms with E-state index in [1.165, 1.54) is 12.8 Å². The van der Waals surface area contributed by atoms with Gasteiger partial charge in [-0.05, 0) is 50.0 Å². The van der Waals surface area contributed by atoms with E-state index in [9.17, 15) is 4.79 Å². The molecule has 20 heavy (non-hydrogen) atoms. The van der Waals surface area contributed by atoms with Crippen LogP contribution in [-0.2, 0) is 0 Å². The lowest BCUT2D eigenvalue weighted by Crippen LogP contribution is -2.34. The Labute approximate surface area is 119 Å². The van der Waals surface area contributed by atoms with Gasteiger partial charge < -0.3 is 14.4 Å². The van der Waals surface area contributed by atoms with Gasteiger partial charge in [-0.25, -0.2) is 0 Å². The third-order valence-corrected chi connectivity index (χ3v) is 4.23. The molecular formula is C16H21NO3. The maximum atomic E-state index is 12.2. The third kappa shape index (κ3) is 2.96. The number of ketones is 1. The van der Waals surface area contributed by atoms with E-state index in [2.05, 4.69) is 11.8 Å². The molecule has 2 aliphatic rings. The molecule has 0 aliphatic carbocycles. The Balaban J connectivity index is 1.54. The molecule has 0 atom stereocenters. The number of Topliss-reactive ketones (excluding diaryl/α,β-unsaturated/α-hetero) is 1. The normalized spacial score (nSPS) is 19.2. The van der Waals surface area contributed by atoms with Crippen LogP contribution < -0.4 is 9.47 Å². The zero-order valence-electron chi connectivity index (χ0n) is 11.9. The number of carbonyl (C=O) groups is 1. The molecule has 2 heterocycles. The molecular weight excluding hydrogens is 254 g/mol. The first-order chi connectivity index (χ1) is 9.72. The van der Waals surface area contributed by atoms with E-state index < -0.39 is 0 Å². The van der Waals surface area contributed by atoms with Crippen LogP contribution in [-0.4, -0.2) is 37.1 Å². The molecule has 1 saturated heterocycles. The summed E-state index contributed by atoms with van der Waals surface area (Å²) in [5, 5.41) is 0. The van der Waals surface area contributed by atoms with Crippen LogP contribution in [0.1, 0.15) is 36.5 Å². The number of rotatable bonds is 4. The summed E-state index contributed by atoms with van der Waals surface area (Å²) in [5.74, 6) is 2.42. The Hall–Kier alpha value is -1.55. The Bertz CT molecular complexity index is 492. The molecule has 1 aromatic rings. The SMILES string of the molecule is CC1CCN(CCC(=O)c2ccc3c(c2)OCO3)CC1. The minimum atomic E-state index is 0.182. The average molecular weight is 275 g/mol. The highest BCUT2D eigenvalue weighted by Crippen LogP contribution is 2.32. The van der Waals surface area contributed by atoms with E-state index in [1.54, 1.807) is 6.07 Å². The highest BCUT2D eigenvalue weighted by Gasteiger charge is 2.19. The van der Waals surface area contributed by atoms with E-state index in [4.69, 9.17) is 9.47 Å². The fraction of sp³-hybridized carbons (Fsp3) is 0.562. The molecule has 0 saturated carbocycles. The number of piperidine rings is 1. The lowest BCUT2D eigenvalue weighted by molar-refractivity contribution is 0.0952. The highest BCUT2D eigenvalue weighted by atomic mass is 16.7. The minimum Gasteiger partial charge on any atom is -0.454 e. The second-order valence-electron chi connectivity index (χ2n) is 5.77. The summed E-state index contributed by atoms with van der Waals surface area (Å²) in [4.78, 5) is 14.6. The summed E-state index contributed by atoms with van der Waals surface area (Å²) in [6.07, 6.45) is 3.07.